The van der Waals surface area contributed by atoms with Crippen LogP contribution in [-0.2, 0) is 14.3 Å². The highest BCUT2D eigenvalue weighted by molar-refractivity contribution is 5.86. The van der Waals surface area contributed by atoms with Crippen molar-refractivity contribution < 1.29 is 27.9 Å². The number of hydrogen-bond acceptors (Lipinski definition) is 7. The number of nitrogens with one attached hydrogen (secondary N) is 3. The van der Waals surface area contributed by atoms with Gasteiger partial charge >= 0.3 is 6.09 Å². The Labute approximate surface area is 330 Å². The summed E-state index contributed by atoms with van der Waals surface area (Å²) in [6.45, 7) is 6.89. The number of hydrogen-bond donors (Lipinski definition) is 3. The number of likely N-dealkylation sites (tertiary alicyclic amines) is 2. The molecule has 3 N–H and O–H groups in total. The van der Waals surface area contributed by atoms with Crippen LogP contribution < -0.4 is 5.32 Å². The van der Waals surface area contributed by atoms with E-state index in [4.69, 9.17) is 0 Å². The number of aromatic amines is 2. The fourth-order valence-electron chi connectivity index (χ4n) is 8.00. The molecule has 2 saturated heterocycles. The first kappa shape index (κ1) is 39.3. The van der Waals surface area contributed by atoms with Crippen molar-refractivity contribution in [1.82, 2.24) is 40.0 Å². The molecule has 2 aromatic heterocycles. The molecule has 3 aromatic carbocycles. The predicted octanol–water partition coefficient (Wildman–Crippen LogP) is 7.18. The number of carbonyl (C=O) groups is 3. The van der Waals surface area contributed by atoms with Crippen LogP contribution in [0.1, 0.15) is 69.0 Å². The van der Waals surface area contributed by atoms with Crippen molar-refractivity contribution in [3.63, 3.8) is 0 Å². The van der Waals surface area contributed by atoms with E-state index in [1.807, 2.05) is 92.7 Å². The molecule has 298 valence electrons. The molecular weight excluding hydrogens is 731 g/mol. The van der Waals surface area contributed by atoms with Crippen molar-refractivity contribution in [3.05, 3.63) is 108 Å². The lowest BCUT2D eigenvalue weighted by molar-refractivity contribution is -0.138. The van der Waals surface area contributed by atoms with Gasteiger partial charge in [0.25, 0.3) is 0 Å². The Hall–Kier alpha value is -5.89. The van der Waals surface area contributed by atoms with Gasteiger partial charge in [0, 0.05) is 12.8 Å². The molecule has 4 heterocycles. The van der Waals surface area contributed by atoms with Crippen LogP contribution in [0.5, 0.6) is 0 Å². The number of benzene rings is 3. The zero-order valence-electron chi connectivity index (χ0n) is 32.5. The van der Waals surface area contributed by atoms with Crippen molar-refractivity contribution in [1.29, 1.82) is 0 Å². The third-order valence-electron chi connectivity index (χ3n) is 11.0. The average Bonchev–Trinajstić information content (AvgIpc) is 4.06. The van der Waals surface area contributed by atoms with Crippen LogP contribution in [-0.4, -0.2) is 104 Å². The summed E-state index contributed by atoms with van der Waals surface area (Å²) in [6, 6.07) is 23.1. The van der Waals surface area contributed by atoms with Gasteiger partial charge in [0.1, 0.15) is 36.1 Å². The quantitative estimate of drug-likeness (QED) is 0.122. The molecular formula is C43H48F2N8O4. The highest BCUT2D eigenvalue weighted by Crippen LogP contribution is 2.38. The van der Waals surface area contributed by atoms with Crippen LogP contribution in [0.3, 0.4) is 0 Å². The minimum Gasteiger partial charge on any atom is -0.453 e. The maximum atomic E-state index is 15.0. The van der Waals surface area contributed by atoms with Crippen molar-refractivity contribution in [2.24, 2.45) is 0 Å². The highest BCUT2D eigenvalue weighted by Gasteiger charge is 2.42. The number of ether oxygens (including phenoxy) is 1. The number of likely N-dealkylation sites (N-methyl/N-ethyl adjacent to an activating group) is 1. The van der Waals surface area contributed by atoms with E-state index < -0.39 is 48.5 Å². The topological polar surface area (TPSA) is 140 Å². The molecule has 14 heteroatoms. The molecule has 1 unspecified atom stereocenters. The van der Waals surface area contributed by atoms with Gasteiger partial charge in [-0.1, -0.05) is 92.7 Å². The van der Waals surface area contributed by atoms with E-state index in [0.29, 0.717) is 24.7 Å². The van der Waals surface area contributed by atoms with Crippen LogP contribution in [0.2, 0.25) is 0 Å². The molecule has 0 spiro atoms. The highest BCUT2D eigenvalue weighted by atomic mass is 19.1. The van der Waals surface area contributed by atoms with Gasteiger partial charge in [-0.2, -0.15) is 0 Å². The molecule has 0 radical (unpaired) electrons. The van der Waals surface area contributed by atoms with Crippen LogP contribution in [0.4, 0.5) is 13.6 Å². The van der Waals surface area contributed by atoms with Gasteiger partial charge in [0.15, 0.2) is 0 Å². The van der Waals surface area contributed by atoms with E-state index in [-0.39, 0.29) is 31.8 Å². The molecule has 7 rings (SSSR count). The zero-order chi connectivity index (χ0) is 40.2. The number of nitrogens with zero attached hydrogens (tertiary/aromatic N) is 5. The summed E-state index contributed by atoms with van der Waals surface area (Å²) in [6.07, 6.45) is 0.584. The summed E-state index contributed by atoms with van der Waals surface area (Å²) in [5.74, 6) is 0.489. The summed E-state index contributed by atoms with van der Waals surface area (Å²) in [5, 5.41) is 2.45. The molecule has 2 aliphatic heterocycles. The molecule has 57 heavy (non-hydrogen) atoms. The van der Waals surface area contributed by atoms with E-state index in [9.17, 15) is 18.8 Å². The first-order valence-corrected chi connectivity index (χ1v) is 19.4. The number of alkyl halides is 2. The largest absolute Gasteiger partial charge is 0.453 e. The van der Waals surface area contributed by atoms with Gasteiger partial charge in [-0.3, -0.25) is 14.5 Å². The van der Waals surface area contributed by atoms with Crippen molar-refractivity contribution in [2.45, 2.75) is 70.1 Å². The smallest absolute Gasteiger partial charge is 0.407 e. The number of amides is 3. The lowest BCUT2D eigenvalue weighted by atomic mass is 10.0. The molecule has 0 bridgehead atoms. The fourth-order valence-corrected chi connectivity index (χ4v) is 8.00. The summed E-state index contributed by atoms with van der Waals surface area (Å²) >= 11 is 0. The summed E-state index contributed by atoms with van der Waals surface area (Å²) in [4.78, 5) is 59.9. The Morgan fingerprint density at radius 1 is 0.754 bits per heavy atom. The number of methoxy groups -OCH3 is 1. The number of halogens is 2. The van der Waals surface area contributed by atoms with Gasteiger partial charge in [0.05, 0.1) is 56.1 Å². The minimum atomic E-state index is -1.22. The zero-order valence-corrected chi connectivity index (χ0v) is 32.5. The van der Waals surface area contributed by atoms with E-state index in [1.165, 1.54) is 18.9 Å². The molecule has 12 nitrogen and oxygen atoms in total. The Morgan fingerprint density at radius 3 is 1.67 bits per heavy atom. The lowest BCUT2D eigenvalue weighted by Gasteiger charge is -2.34. The second-order valence-electron chi connectivity index (χ2n) is 14.6. The first-order chi connectivity index (χ1) is 27.6. The average molecular weight is 779 g/mol. The minimum absolute atomic E-state index is 0.0237. The summed E-state index contributed by atoms with van der Waals surface area (Å²) < 4.78 is 34.2. The standard InChI is InChI=1S/C43H48F2N8O4/c1-5-51(6-2)38(31-10-8-7-9-11-31)42(55)53-25-33(45)21-37(53)40-47-23-35(50-40)30-18-14-28(15-19-30)27-12-16-29(17-13-27)34-22-46-39(49-34)36-20-32(44)24-52(36)41(54)26(3)48-43(56)57-4/h7-19,22-23,26,32-33,36-38H,5-6,20-21,24-25H2,1-4H3,(H,46,49)(H,47,50)(H,48,56)/t26-,32-,33-,36-,37?,38+/m0/s1. The number of imidazole rings is 2. The number of rotatable bonds is 12. The van der Waals surface area contributed by atoms with Crippen LogP contribution in [0, 0.1) is 0 Å². The number of H-pyrrole nitrogens is 2. The van der Waals surface area contributed by atoms with E-state index >= 15 is 4.39 Å². The molecule has 6 atom stereocenters. The number of carbonyl (C=O) groups excluding carboxylic acids is 3. The number of alkyl carbamates (subject to hydrolysis) is 1. The van der Waals surface area contributed by atoms with Crippen LogP contribution in [0.15, 0.2) is 91.3 Å². The van der Waals surface area contributed by atoms with E-state index in [0.717, 1.165) is 39.2 Å². The third kappa shape index (κ3) is 8.31. The van der Waals surface area contributed by atoms with Crippen LogP contribution >= 0.6 is 0 Å². The first-order valence-electron chi connectivity index (χ1n) is 19.4. The van der Waals surface area contributed by atoms with Crippen molar-refractivity contribution >= 4 is 17.9 Å². The lowest BCUT2D eigenvalue weighted by Crippen LogP contribution is -2.47. The fraction of sp³-hybridized carbons (Fsp3) is 0.372. The summed E-state index contributed by atoms with van der Waals surface area (Å²) in [5.41, 5.74) is 6.15. The summed E-state index contributed by atoms with van der Waals surface area (Å²) in [7, 11) is 1.21. The Bertz CT molecular complexity index is 2160. The van der Waals surface area contributed by atoms with E-state index in [2.05, 4.69) is 34.9 Å². The van der Waals surface area contributed by atoms with E-state index in [1.54, 1.807) is 17.3 Å². The molecule has 0 saturated carbocycles. The van der Waals surface area contributed by atoms with Crippen molar-refractivity contribution in [2.75, 3.05) is 33.3 Å². The predicted molar refractivity (Wildman–Crippen MR) is 212 cm³/mol. The third-order valence-corrected chi connectivity index (χ3v) is 11.0. The second-order valence-corrected chi connectivity index (χ2v) is 14.6. The Morgan fingerprint density at radius 2 is 1.21 bits per heavy atom. The monoisotopic (exact) mass is 778 g/mol. The van der Waals surface area contributed by atoms with Gasteiger partial charge in [0.2, 0.25) is 11.8 Å². The second kappa shape index (κ2) is 17.1. The maximum absolute atomic E-state index is 15.0. The Kier molecular flexibility index (Phi) is 11.8. The SMILES string of the molecule is CCN(CC)[C@@H](C(=O)N1C[C@@H](F)CC1c1ncc(-c2ccc(-c3ccc(-c4cnc([C@@H]5C[C@H](F)CN5C(=O)[C@H](C)NC(=O)OC)[nH]4)cc3)cc2)[nH]1)c1ccccc1. The molecule has 0 aliphatic carbocycles. The van der Waals surface area contributed by atoms with Gasteiger partial charge in [-0.15, -0.1) is 0 Å². The molecule has 3 amide bonds. The molecule has 2 fully saturated rings. The van der Waals surface area contributed by atoms with Crippen molar-refractivity contribution in [3.8, 4) is 33.6 Å². The Balaban J connectivity index is 1.03. The maximum Gasteiger partial charge on any atom is 0.407 e. The normalized spacial score (nSPS) is 20.5. The van der Waals surface area contributed by atoms with Gasteiger partial charge in [-0.25, -0.2) is 23.5 Å². The van der Waals surface area contributed by atoms with Gasteiger partial charge < -0.3 is 29.8 Å². The molecule has 5 aromatic rings. The van der Waals surface area contributed by atoms with Gasteiger partial charge in [-0.05, 0) is 47.8 Å². The van der Waals surface area contributed by atoms with Crippen LogP contribution in [0.25, 0.3) is 33.6 Å². The molecule has 2 aliphatic rings. The number of aromatic nitrogens is 4.